The number of rotatable bonds is 6. The Morgan fingerprint density at radius 3 is 2.72 bits per heavy atom. The van der Waals surface area contributed by atoms with Crippen LogP contribution in [0.3, 0.4) is 0 Å². The quantitative estimate of drug-likeness (QED) is 0.443. The number of hydrogen-bond acceptors (Lipinski definition) is 4. The van der Waals surface area contributed by atoms with Crippen molar-refractivity contribution in [2.45, 2.75) is 33.3 Å². The third-order valence-corrected chi connectivity index (χ3v) is 2.76. The summed E-state index contributed by atoms with van der Waals surface area (Å²) < 4.78 is 5.06. The van der Waals surface area contributed by atoms with E-state index in [1.54, 1.807) is 13.2 Å². The Morgan fingerprint density at radius 2 is 2.06 bits per heavy atom. The van der Waals surface area contributed by atoms with Crippen LogP contribution in [0.25, 0.3) is 0 Å². The average Bonchev–Trinajstić information content (AvgIpc) is 2.36. The van der Waals surface area contributed by atoms with Gasteiger partial charge in [-0.3, -0.25) is 4.89 Å². The lowest BCUT2D eigenvalue weighted by atomic mass is 10.1. The van der Waals surface area contributed by atoms with E-state index in [9.17, 15) is 4.79 Å². The minimum atomic E-state index is -0.457. The van der Waals surface area contributed by atoms with Gasteiger partial charge in [0.1, 0.15) is 0 Å². The fourth-order valence-electron chi connectivity index (χ4n) is 1.43. The fourth-order valence-corrected chi connectivity index (χ4v) is 1.43. The van der Waals surface area contributed by atoms with Crippen LogP contribution < -0.4 is 0 Å². The first-order valence-corrected chi connectivity index (χ1v) is 5.98. The summed E-state index contributed by atoms with van der Waals surface area (Å²) in [5.74, 6) is -0.457. The predicted molar refractivity (Wildman–Crippen MR) is 68.4 cm³/mol. The number of methoxy groups -OCH3 is 1. The molecule has 0 amide bonds. The molecule has 0 aliphatic heterocycles. The Bertz CT molecular complexity index is 401. The summed E-state index contributed by atoms with van der Waals surface area (Å²) in [6.45, 7) is 6.04. The molecular weight excluding hydrogens is 232 g/mol. The van der Waals surface area contributed by atoms with Crippen LogP contribution in [0.15, 0.2) is 18.2 Å². The molecule has 0 heterocycles. The summed E-state index contributed by atoms with van der Waals surface area (Å²) in [4.78, 5) is 21.4. The third kappa shape index (κ3) is 4.47. The summed E-state index contributed by atoms with van der Waals surface area (Å²) in [5, 5.41) is 0. The Kier molecular flexibility index (Phi) is 5.82. The molecule has 1 aromatic rings. The largest absolute Gasteiger partial charge is 0.382 e. The van der Waals surface area contributed by atoms with Gasteiger partial charge in [0.2, 0.25) is 0 Å². The van der Waals surface area contributed by atoms with E-state index in [2.05, 4.69) is 0 Å². The van der Waals surface area contributed by atoms with Gasteiger partial charge in [-0.05, 0) is 32.4 Å². The van der Waals surface area contributed by atoms with Gasteiger partial charge in [-0.15, -0.1) is 0 Å². The van der Waals surface area contributed by atoms with E-state index in [1.807, 2.05) is 32.9 Å². The maximum absolute atomic E-state index is 11.8. The van der Waals surface area contributed by atoms with Gasteiger partial charge in [0.15, 0.2) is 0 Å². The number of carbonyl (C=O) groups is 1. The van der Waals surface area contributed by atoms with Crippen molar-refractivity contribution in [2.75, 3.05) is 13.7 Å². The molecule has 0 N–H and O–H groups in total. The molecule has 0 fully saturated rings. The van der Waals surface area contributed by atoms with Crippen molar-refractivity contribution < 1.29 is 19.3 Å². The minimum absolute atomic E-state index is 0.0874. The van der Waals surface area contributed by atoms with E-state index < -0.39 is 5.97 Å². The highest BCUT2D eigenvalue weighted by Gasteiger charge is 2.12. The maximum Gasteiger partial charge on any atom is 0.373 e. The van der Waals surface area contributed by atoms with Gasteiger partial charge in [-0.25, -0.2) is 4.79 Å². The molecule has 1 atom stereocenters. The van der Waals surface area contributed by atoms with E-state index in [0.717, 1.165) is 11.1 Å². The van der Waals surface area contributed by atoms with Crippen molar-refractivity contribution in [1.29, 1.82) is 0 Å². The summed E-state index contributed by atoms with van der Waals surface area (Å²) in [5.41, 5.74) is 2.43. The molecule has 4 heteroatoms. The van der Waals surface area contributed by atoms with E-state index in [4.69, 9.17) is 14.5 Å². The third-order valence-electron chi connectivity index (χ3n) is 2.76. The van der Waals surface area contributed by atoms with Gasteiger partial charge in [-0.1, -0.05) is 17.7 Å². The van der Waals surface area contributed by atoms with Crippen molar-refractivity contribution in [3.63, 3.8) is 0 Å². The second-order valence-electron chi connectivity index (χ2n) is 4.35. The molecule has 0 spiro atoms. The van der Waals surface area contributed by atoms with Crippen molar-refractivity contribution in [3.8, 4) is 0 Å². The van der Waals surface area contributed by atoms with E-state index in [0.29, 0.717) is 18.6 Å². The molecule has 0 bridgehead atoms. The molecule has 1 rings (SSSR count). The molecule has 1 unspecified atom stereocenters. The number of ether oxygens (including phenoxy) is 1. The highest BCUT2D eigenvalue weighted by Crippen LogP contribution is 2.12. The summed E-state index contributed by atoms with van der Waals surface area (Å²) >= 11 is 0. The van der Waals surface area contributed by atoms with Crippen LogP contribution >= 0.6 is 0 Å². The lowest BCUT2D eigenvalue weighted by Crippen LogP contribution is -2.12. The molecule has 0 radical (unpaired) electrons. The zero-order chi connectivity index (χ0) is 13.5. The first kappa shape index (κ1) is 14.7. The normalized spacial score (nSPS) is 12.2. The van der Waals surface area contributed by atoms with Crippen LogP contribution in [-0.2, 0) is 14.5 Å². The van der Waals surface area contributed by atoms with Gasteiger partial charge >= 0.3 is 5.97 Å². The molecular formula is C14H20O4. The van der Waals surface area contributed by atoms with Crippen LogP contribution in [0, 0.1) is 13.8 Å². The van der Waals surface area contributed by atoms with Crippen molar-refractivity contribution in [2.24, 2.45) is 0 Å². The Labute approximate surface area is 108 Å². The molecule has 1 aromatic carbocycles. The Hall–Kier alpha value is -1.39. The van der Waals surface area contributed by atoms with Crippen molar-refractivity contribution in [1.82, 2.24) is 0 Å². The molecule has 0 aliphatic carbocycles. The van der Waals surface area contributed by atoms with Gasteiger partial charge in [0.25, 0.3) is 0 Å². The molecule has 4 nitrogen and oxygen atoms in total. The molecule has 0 saturated heterocycles. The zero-order valence-electron chi connectivity index (χ0n) is 11.4. The van der Waals surface area contributed by atoms with E-state index in [1.165, 1.54) is 0 Å². The van der Waals surface area contributed by atoms with E-state index >= 15 is 0 Å². The Balaban J connectivity index is 2.43. The monoisotopic (exact) mass is 252 g/mol. The summed E-state index contributed by atoms with van der Waals surface area (Å²) in [6.07, 6.45) is 0.765. The minimum Gasteiger partial charge on any atom is -0.382 e. The SMILES string of the molecule is COC(C)CCOOC(=O)c1cc(C)ccc1C. The van der Waals surface area contributed by atoms with Crippen LogP contribution in [0.2, 0.25) is 0 Å². The lowest BCUT2D eigenvalue weighted by Gasteiger charge is -2.09. The maximum atomic E-state index is 11.8. The van der Waals surface area contributed by atoms with Crippen molar-refractivity contribution in [3.05, 3.63) is 34.9 Å². The molecule has 0 aromatic heterocycles. The second kappa shape index (κ2) is 7.13. The highest BCUT2D eigenvalue weighted by molar-refractivity contribution is 5.90. The van der Waals surface area contributed by atoms with Gasteiger partial charge < -0.3 is 4.74 Å². The Morgan fingerprint density at radius 1 is 1.33 bits per heavy atom. The molecule has 100 valence electrons. The van der Waals surface area contributed by atoms with Gasteiger partial charge in [0, 0.05) is 13.5 Å². The second-order valence-corrected chi connectivity index (χ2v) is 4.35. The fraction of sp³-hybridized carbons (Fsp3) is 0.500. The number of aryl methyl sites for hydroxylation is 2. The summed E-state index contributed by atoms with van der Waals surface area (Å²) in [7, 11) is 1.63. The summed E-state index contributed by atoms with van der Waals surface area (Å²) in [6, 6.07) is 5.63. The van der Waals surface area contributed by atoms with Crippen LogP contribution in [0.5, 0.6) is 0 Å². The average molecular weight is 252 g/mol. The van der Waals surface area contributed by atoms with Gasteiger partial charge in [0.05, 0.1) is 18.3 Å². The molecule has 18 heavy (non-hydrogen) atoms. The number of hydrogen-bond donors (Lipinski definition) is 0. The van der Waals surface area contributed by atoms with Crippen LogP contribution in [0.1, 0.15) is 34.8 Å². The lowest BCUT2D eigenvalue weighted by molar-refractivity contribution is -0.244. The first-order chi connectivity index (χ1) is 8.54. The molecule has 0 saturated carbocycles. The van der Waals surface area contributed by atoms with Crippen molar-refractivity contribution >= 4 is 5.97 Å². The van der Waals surface area contributed by atoms with Crippen LogP contribution in [0.4, 0.5) is 0 Å². The van der Waals surface area contributed by atoms with Crippen LogP contribution in [-0.4, -0.2) is 25.8 Å². The molecule has 0 aliphatic rings. The topological polar surface area (TPSA) is 44.8 Å². The van der Waals surface area contributed by atoms with Gasteiger partial charge in [-0.2, -0.15) is 4.89 Å². The predicted octanol–water partition coefficient (Wildman–Crippen LogP) is 2.82. The number of carbonyl (C=O) groups excluding carboxylic acids is 1. The van der Waals surface area contributed by atoms with E-state index in [-0.39, 0.29) is 6.10 Å². The highest BCUT2D eigenvalue weighted by atomic mass is 17.2. The standard InChI is InChI=1S/C14H20O4/c1-10-5-6-11(2)13(9-10)14(15)18-17-8-7-12(3)16-4/h5-6,9,12H,7-8H2,1-4H3. The first-order valence-electron chi connectivity index (χ1n) is 5.98. The zero-order valence-corrected chi connectivity index (χ0v) is 11.4. The smallest absolute Gasteiger partial charge is 0.373 e. The number of benzene rings is 1.